The van der Waals surface area contributed by atoms with Gasteiger partial charge in [0.2, 0.25) is 0 Å². The fourth-order valence-electron chi connectivity index (χ4n) is 0.201. The average molecular weight is 522 g/mol. The second-order valence-electron chi connectivity index (χ2n) is 1.90. The van der Waals surface area contributed by atoms with Gasteiger partial charge in [0, 0.05) is 45.0 Å². The maximum atomic E-state index is 8.21. The molecule has 0 aliphatic rings. The van der Waals surface area contributed by atoms with Gasteiger partial charge in [-0.15, -0.1) is 0 Å². The van der Waals surface area contributed by atoms with Crippen molar-refractivity contribution in [2.24, 2.45) is 0 Å². The molecule has 0 rings (SSSR count). The summed E-state index contributed by atoms with van der Waals surface area (Å²) in [4.78, 5) is 31.4. The van der Waals surface area contributed by atoms with Crippen LogP contribution < -0.4 is 0 Å². The van der Waals surface area contributed by atoms with E-state index >= 15 is 0 Å². The summed E-state index contributed by atoms with van der Waals surface area (Å²) < 4.78 is 0. The van der Waals surface area contributed by atoms with E-state index in [9.17, 15) is 0 Å². The van der Waals surface area contributed by atoms with Crippen molar-refractivity contribution in [1.82, 2.24) is 0 Å². The van der Waals surface area contributed by atoms with E-state index in [2.05, 4.69) is 11.2 Å². The van der Waals surface area contributed by atoms with E-state index in [4.69, 9.17) is 19.6 Å². The minimum absolute atomic E-state index is 0. The van der Waals surface area contributed by atoms with E-state index < -0.39 is 8.16 Å². The van der Waals surface area contributed by atoms with Gasteiger partial charge in [-0.25, -0.2) is 0 Å². The molecule has 0 fully saturated rings. The molecule has 0 aromatic rings. The Morgan fingerprint density at radius 3 is 0.885 bits per heavy atom. The van der Waals surface area contributed by atoms with E-state index in [1.54, 1.807) is 6.66 Å². The summed E-state index contributed by atoms with van der Waals surface area (Å²) in [6.07, 6.45) is 0. The Hall–Kier alpha value is 2.56. The zero-order valence-corrected chi connectivity index (χ0v) is 16.3. The number of hydrogen-bond acceptors (Lipinski definition) is 4. The molecule has 0 aromatic heterocycles. The topological polar surface area (TPSA) is 80.9 Å². The van der Waals surface area contributed by atoms with Crippen LogP contribution in [-0.4, -0.2) is 52.9 Å². The van der Waals surface area contributed by atoms with E-state index in [0.29, 0.717) is 0 Å². The zero-order chi connectivity index (χ0) is 13.7. The van der Waals surface area contributed by atoms with Crippen LogP contribution in [0, 0.1) is 0 Å². The number of halogens is 1. The van der Waals surface area contributed by atoms with Gasteiger partial charge in [-0.3, -0.25) is 0 Å². The maximum absolute atomic E-state index is 8.21. The summed E-state index contributed by atoms with van der Waals surface area (Å²) in [6, 6.07) is 1.46. The van der Waals surface area contributed by atoms with E-state index in [-0.39, 0.29) is 112 Å². The molecule has 0 aliphatic carbocycles. The first kappa shape index (κ1) is 102. The molecule has 12 heteroatoms. The van der Waals surface area contributed by atoms with Gasteiger partial charge in [-0.1, -0.05) is 91.7 Å². The SMILES string of the molecule is C.C.C.C.C.C.C.C.C.CPO.C[B]C.OPC[B]CPO.OPCl.[V]. The van der Waals surface area contributed by atoms with Gasteiger partial charge in [-0.05, 0) is 18.8 Å². The van der Waals surface area contributed by atoms with Crippen LogP contribution in [0.25, 0.3) is 0 Å². The van der Waals surface area contributed by atoms with Crippen molar-refractivity contribution in [3.63, 3.8) is 0 Å². The van der Waals surface area contributed by atoms with Crippen molar-refractivity contribution >= 4 is 60.4 Å². The van der Waals surface area contributed by atoms with Gasteiger partial charge >= 0.3 is 0 Å². The predicted octanol–water partition coefficient (Wildman–Crippen LogP) is 7.21. The third-order valence-electron chi connectivity index (χ3n) is 0.471. The smallest absolute Gasteiger partial charge is 0.126 e. The van der Waals surface area contributed by atoms with Crippen LogP contribution in [-0.2, 0) is 18.6 Å². The Morgan fingerprint density at radius 1 is 0.692 bits per heavy atom. The van der Waals surface area contributed by atoms with Crippen molar-refractivity contribution in [2.45, 2.75) is 80.5 Å². The second kappa shape index (κ2) is 174. The van der Waals surface area contributed by atoms with Crippen LogP contribution >= 0.6 is 45.8 Å². The molecule has 4 N–H and O–H groups in total. The van der Waals surface area contributed by atoms with Crippen LogP contribution in [0.2, 0.25) is 13.6 Å². The van der Waals surface area contributed by atoms with E-state index in [1.807, 2.05) is 28.2 Å². The van der Waals surface area contributed by atoms with E-state index in [1.165, 1.54) is 0 Å². The zero-order valence-electron chi connectivity index (χ0n) is 10.2. The molecule has 0 amide bonds. The molecule has 0 spiro atoms. The van der Waals surface area contributed by atoms with Gasteiger partial charge in [0.05, 0.1) is 0 Å². The molecule has 3 radical (unpaired) electrons. The first-order valence-corrected chi connectivity index (χ1v) is 9.98. The molecule has 26 heavy (non-hydrogen) atoms. The molecule has 175 valence electrons. The van der Waals surface area contributed by atoms with Crippen LogP contribution in [0.5, 0.6) is 0 Å². The Labute approximate surface area is 197 Å². The van der Waals surface area contributed by atoms with Gasteiger partial charge in [-0.2, -0.15) is 0 Å². The van der Waals surface area contributed by atoms with Crippen LogP contribution in [0.15, 0.2) is 0 Å². The van der Waals surface area contributed by atoms with Crippen LogP contribution in [0.1, 0.15) is 66.8 Å². The fourth-order valence-corrected chi connectivity index (χ4v) is 1.04. The van der Waals surface area contributed by atoms with Crippen molar-refractivity contribution in [3.8, 4) is 0 Å². The molecule has 0 bridgehead atoms. The molecule has 0 aromatic carbocycles. The molecule has 0 saturated carbocycles. The number of hydrogen-bond donors (Lipinski definition) is 4. The van der Waals surface area contributed by atoms with Crippen molar-refractivity contribution < 1.29 is 38.1 Å². The van der Waals surface area contributed by atoms with Gasteiger partial charge in [0.15, 0.2) is 0 Å². The minimum atomic E-state index is -0.444. The Kier molecular flexibility index (Phi) is 686. The standard InChI is InChI=1S/C2H8BO2P2.C2H6B.CH5OP.9CH4.ClH2OP.V/c4-6-1-3-2-7-5;2*1-3-2;;;;;;;;;;1-3-2;/h4-7H,1-2H2;1-2H3;2-3H,1H3;9*1H4;2-3H;. The maximum Gasteiger partial charge on any atom is 0.126 e. The summed E-state index contributed by atoms with van der Waals surface area (Å²) in [5.74, 6) is 0. The average Bonchev–Trinajstić information content (AvgIpc) is 2.22. The molecule has 4 atom stereocenters. The van der Waals surface area contributed by atoms with Crippen molar-refractivity contribution in [3.05, 3.63) is 0 Å². The Balaban J connectivity index is -0.00000000577. The molecule has 4 nitrogen and oxygen atoms in total. The predicted molar refractivity (Wildman–Crippen MR) is 147 cm³/mol. The quantitative estimate of drug-likeness (QED) is 0.179. The normalized spacial score (nSPS) is 6.15. The Bertz CT molecular complexity index is 90.2. The summed E-state index contributed by atoms with van der Waals surface area (Å²) in [5, 5.41) is 0. The summed E-state index contributed by atoms with van der Waals surface area (Å²) in [5.41, 5.74) is 0. The molecule has 0 heterocycles. The largest absolute Gasteiger partial charge is 0.378 e. The molecule has 0 aliphatic heterocycles. The monoisotopic (exact) mass is 521 g/mol. The first-order valence-electron chi connectivity index (χ1n) is 4.26. The molecule has 0 saturated heterocycles. The van der Waals surface area contributed by atoms with Gasteiger partial charge in [0.1, 0.15) is 22.7 Å². The van der Waals surface area contributed by atoms with Gasteiger partial charge < -0.3 is 19.6 Å². The molecule has 4 unspecified atom stereocenters. The van der Waals surface area contributed by atoms with Crippen molar-refractivity contribution in [1.29, 1.82) is 0 Å². The van der Waals surface area contributed by atoms with E-state index in [0.717, 1.165) is 12.1 Å². The minimum Gasteiger partial charge on any atom is -0.378 e. The molecular formula is C14H57B2ClO4P4V. The summed E-state index contributed by atoms with van der Waals surface area (Å²) in [7, 11) is 3.54. The van der Waals surface area contributed by atoms with Crippen molar-refractivity contribution in [2.75, 3.05) is 18.8 Å². The second-order valence-corrected chi connectivity index (χ2v) is 4.47. The summed E-state index contributed by atoms with van der Waals surface area (Å²) >= 11 is 4.58. The van der Waals surface area contributed by atoms with Gasteiger partial charge in [0.25, 0.3) is 0 Å². The van der Waals surface area contributed by atoms with Crippen LogP contribution in [0.4, 0.5) is 0 Å². The first-order chi connectivity index (χ1) is 7.66. The third kappa shape index (κ3) is 403. The fraction of sp³-hybridized carbons (Fsp3) is 1.00. The van der Waals surface area contributed by atoms with Crippen LogP contribution in [0.3, 0.4) is 0 Å². The Morgan fingerprint density at radius 2 is 0.808 bits per heavy atom. The number of rotatable bonds is 4. The molecular weight excluding hydrogens is 464 g/mol. The third-order valence-corrected chi connectivity index (χ3v) is 1.41. The summed E-state index contributed by atoms with van der Waals surface area (Å²) in [6.45, 7) is 5.71.